The van der Waals surface area contributed by atoms with Gasteiger partial charge in [-0.3, -0.25) is 0 Å². The van der Waals surface area contributed by atoms with Gasteiger partial charge in [0.15, 0.2) is 0 Å². The highest BCUT2D eigenvalue weighted by molar-refractivity contribution is 7.12. The Morgan fingerprint density at radius 2 is 2.18 bits per heavy atom. The minimum Gasteiger partial charge on any atom is -0.477 e. The Labute approximate surface area is 133 Å². The Morgan fingerprint density at radius 3 is 2.64 bits per heavy atom. The van der Waals surface area contributed by atoms with Crippen LogP contribution in [-0.2, 0) is 0 Å². The van der Waals surface area contributed by atoms with Crippen molar-refractivity contribution >= 4 is 17.3 Å². The first-order valence-electron chi connectivity index (χ1n) is 7.02. The molecule has 2 aliphatic carbocycles. The molecule has 0 saturated heterocycles. The Hall–Kier alpha value is -2.51. The van der Waals surface area contributed by atoms with Crippen LogP contribution >= 0.6 is 11.3 Å². The number of thiophene rings is 1. The third kappa shape index (κ3) is 2.90. The number of carboxylic acids is 1. The van der Waals surface area contributed by atoms with Gasteiger partial charge in [-0.05, 0) is 40.8 Å². The number of carboxylic acid groups (broad SMARTS) is 1. The number of benzene rings is 1. The van der Waals surface area contributed by atoms with Crippen LogP contribution in [0.3, 0.4) is 0 Å². The number of hydrogen-bond donors (Lipinski definition) is 2. The maximum Gasteiger partial charge on any atom is 0.347 e. The monoisotopic (exact) mass is 309 g/mol. The van der Waals surface area contributed by atoms with E-state index >= 15 is 0 Å². The van der Waals surface area contributed by atoms with Crippen LogP contribution in [0.15, 0.2) is 41.9 Å². The molecule has 0 saturated carbocycles. The first-order valence-corrected chi connectivity index (χ1v) is 7.90. The molecule has 0 fully saturated rings. The van der Waals surface area contributed by atoms with Gasteiger partial charge in [-0.1, -0.05) is 30.2 Å². The zero-order valence-corrected chi connectivity index (χ0v) is 12.7. The molecule has 0 radical (unpaired) electrons. The van der Waals surface area contributed by atoms with Gasteiger partial charge in [-0.15, -0.1) is 17.8 Å². The smallest absolute Gasteiger partial charge is 0.347 e. The Morgan fingerprint density at radius 1 is 1.41 bits per heavy atom. The molecule has 1 aromatic rings. The first kappa shape index (κ1) is 14.4. The standard InChI is InChI=1S/C12H11NO2S.C6H4/c1-2-9-10(7-16-11(9)12(14)15)8-3-5-13-6-4-8;1-2-5-4-6(5)3-1/h1,3,5,7-8,13H,4,6H2,(H,14,15);1-4H. The molecule has 2 heterocycles. The van der Waals surface area contributed by atoms with E-state index in [2.05, 4.69) is 35.5 Å². The van der Waals surface area contributed by atoms with Crippen molar-refractivity contribution in [3.8, 4) is 23.5 Å². The number of hydrogen-bond acceptors (Lipinski definition) is 3. The molecule has 3 nitrogen and oxygen atoms in total. The van der Waals surface area contributed by atoms with Crippen molar-refractivity contribution in [2.24, 2.45) is 0 Å². The highest BCUT2D eigenvalue weighted by Crippen LogP contribution is 2.33. The van der Waals surface area contributed by atoms with Gasteiger partial charge in [0.1, 0.15) is 4.88 Å². The van der Waals surface area contributed by atoms with Gasteiger partial charge >= 0.3 is 5.97 Å². The number of terminal acetylenes is 1. The number of allylic oxidation sites excluding steroid dienone is 1. The van der Waals surface area contributed by atoms with E-state index in [1.54, 1.807) is 0 Å². The summed E-state index contributed by atoms with van der Waals surface area (Å²) in [6.07, 6.45) is 10.3. The van der Waals surface area contributed by atoms with Crippen LogP contribution in [-0.4, -0.2) is 17.6 Å². The van der Waals surface area contributed by atoms with Crippen LogP contribution in [0, 0.1) is 12.3 Å². The predicted molar refractivity (Wildman–Crippen MR) is 89.2 cm³/mol. The quantitative estimate of drug-likeness (QED) is 0.710. The van der Waals surface area contributed by atoms with Crippen LogP contribution < -0.4 is 5.32 Å². The molecule has 1 aromatic heterocycles. The van der Waals surface area contributed by atoms with Crippen molar-refractivity contribution in [1.29, 1.82) is 0 Å². The summed E-state index contributed by atoms with van der Waals surface area (Å²) in [6.45, 7) is 0.892. The second kappa shape index (κ2) is 6.08. The molecule has 1 aliphatic heterocycles. The molecule has 110 valence electrons. The van der Waals surface area contributed by atoms with E-state index in [4.69, 9.17) is 11.5 Å². The lowest BCUT2D eigenvalue weighted by atomic mass is 9.92. The summed E-state index contributed by atoms with van der Waals surface area (Å²) >= 11 is 1.21. The van der Waals surface area contributed by atoms with E-state index in [0.29, 0.717) is 5.56 Å². The normalized spacial score (nSPS) is 16.8. The SMILES string of the molecule is C#Cc1c(C2C=CNCC2)csc1C(=O)O.c1cc2cc-2c1. The second-order valence-corrected chi connectivity index (χ2v) is 6.01. The Balaban J connectivity index is 0.000000196. The molecule has 22 heavy (non-hydrogen) atoms. The van der Waals surface area contributed by atoms with Crippen molar-refractivity contribution in [3.05, 3.63) is 57.9 Å². The number of carbonyl (C=O) groups is 1. The second-order valence-electron chi connectivity index (χ2n) is 5.13. The molecule has 3 aliphatic rings. The molecule has 0 bridgehead atoms. The molecule has 4 rings (SSSR count). The van der Waals surface area contributed by atoms with Gasteiger partial charge < -0.3 is 10.4 Å². The molecule has 0 amide bonds. The van der Waals surface area contributed by atoms with Crippen molar-refractivity contribution < 1.29 is 9.90 Å². The fourth-order valence-corrected chi connectivity index (χ4v) is 3.42. The summed E-state index contributed by atoms with van der Waals surface area (Å²) < 4.78 is 0. The van der Waals surface area contributed by atoms with Crippen LogP contribution in [0.4, 0.5) is 0 Å². The van der Waals surface area contributed by atoms with Gasteiger partial charge in [0, 0.05) is 12.5 Å². The van der Waals surface area contributed by atoms with Gasteiger partial charge in [-0.2, -0.15) is 0 Å². The molecule has 2 N–H and O–H groups in total. The highest BCUT2D eigenvalue weighted by Gasteiger charge is 2.21. The third-order valence-electron chi connectivity index (χ3n) is 3.72. The summed E-state index contributed by atoms with van der Waals surface area (Å²) in [4.78, 5) is 11.2. The lowest BCUT2D eigenvalue weighted by Crippen LogP contribution is -2.16. The largest absolute Gasteiger partial charge is 0.477 e. The molecule has 1 unspecified atom stereocenters. The lowest BCUT2D eigenvalue weighted by molar-refractivity contribution is 0.0702. The fraction of sp³-hybridized carbons (Fsp3) is 0.167. The number of fused-ring (bicyclic) bond motifs is 1. The maximum atomic E-state index is 11.0. The molecule has 1 atom stereocenters. The molecule has 0 aromatic carbocycles. The van der Waals surface area contributed by atoms with E-state index in [1.165, 1.54) is 22.5 Å². The minimum atomic E-state index is -0.942. The number of aromatic carboxylic acids is 1. The van der Waals surface area contributed by atoms with E-state index in [1.807, 2.05) is 17.7 Å². The highest BCUT2D eigenvalue weighted by atomic mass is 32.1. The average Bonchev–Trinajstić information content (AvgIpc) is 2.98. The predicted octanol–water partition coefficient (Wildman–Crippen LogP) is 3.69. The summed E-state index contributed by atoms with van der Waals surface area (Å²) in [5.41, 5.74) is 4.35. The molecule has 0 spiro atoms. The van der Waals surface area contributed by atoms with Crippen LogP contribution in [0.1, 0.15) is 33.1 Å². The first-order chi connectivity index (χ1) is 10.7. The topological polar surface area (TPSA) is 49.3 Å². The van der Waals surface area contributed by atoms with E-state index in [9.17, 15) is 4.79 Å². The molecular weight excluding hydrogens is 294 g/mol. The van der Waals surface area contributed by atoms with Crippen LogP contribution in [0.25, 0.3) is 11.1 Å². The van der Waals surface area contributed by atoms with Crippen molar-refractivity contribution in [2.75, 3.05) is 6.54 Å². The van der Waals surface area contributed by atoms with Gasteiger partial charge in [-0.25, -0.2) is 4.79 Å². The summed E-state index contributed by atoms with van der Waals surface area (Å²) in [7, 11) is 0. The van der Waals surface area contributed by atoms with Gasteiger partial charge in [0.25, 0.3) is 0 Å². The van der Waals surface area contributed by atoms with E-state index in [-0.39, 0.29) is 10.8 Å². The van der Waals surface area contributed by atoms with Crippen LogP contribution in [0.5, 0.6) is 0 Å². The van der Waals surface area contributed by atoms with Crippen molar-refractivity contribution in [3.63, 3.8) is 0 Å². The fourth-order valence-electron chi connectivity index (χ4n) is 2.49. The van der Waals surface area contributed by atoms with E-state index < -0.39 is 5.97 Å². The molecular formula is C18H15NO2S. The third-order valence-corrected chi connectivity index (χ3v) is 4.70. The Bertz CT molecular complexity index is 765. The average molecular weight is 309 g/mol. The van der Waals surface area contributed by atoms with Gasteiger partial charge in [0.05, 0.1) is 5.56 Å². The van der Waals surface area contributed by atoms with Crippen molar-refractivity contribution in [2.45, 2.75) is 12.3 Å². The van der Waals surface area contributed by atoms with Crippen molar-refractivity contribution in [1.82, 2.24) is 5.32 Å². The van der Waals surface area contributed by atoms with Gasteiger partial charge in [0.2, 0.25) is 0 Å². The lowest BCUT2D eigenvalue weighted by Gasteiger charge is -2.17. The summed E-state index contributed by atoms with van der Waals surface area (Å²) in [5, 5.41) is 14.0. The zero-order chi connectivity index (χ0) is 15.5. The number of rotatable bonds is 2. The number of nitrogens with one attached hydrogen (secondary N) is 1. The maximum absolute atomic E-state index is 11.0. The Kier molecular flexibility index (Phi) is 3.99. The minimum absolute atomic E-state index is 0.233. The molecule has 4 heteroatoms. The zero-order valence-electron chi connectivity index (χ0n) is 11.9. The summed E-state index contributed by atoms with van der Waals surface area (Å²) in [5.74, 6) is 1.79. The van der Waals surface area contributed by atoms with E-state index in [0.717, 1.165) is 18.5 Å². The van der Waals surface area contributed by atoms with Crippen LogP contribution in [0.2, 0.25) is 0 Å². The summed E-state index contributed by atoms with van der Waals surface area (Å²) in [6, 6.07) is 8.48.